The fourth-order valence-electron chi connectivity index (χ4n) is 2.15. The van der Waals surface area contributed by atoms with E-state index in [1.165, 1.54) is 7.11 Å². The Balaban J connectivity index is 2.38. The fourth-order valence-corrected chi connectivity index (χ4v) is 2.15. The van der Waals surface area contributed by atoms with Gasteiger partial charge in [0.25, 0.3) is 5.91 Å². The van der Waals surface area contributed by atoms with Crippen LogP contribution in [0.2, 0.25) is 0 Å². The fraction of sp³-hybridized carbons (Fsp3) is 0.250. The molecule has 0 aromatic heterocycles. The van der Waals surface area contributed by atoms with Gasteiger partial charge in [-0.25, -0.2) is 4.79 Å². The van der Waals surface area contributed by atoms with Gasteiger partial charge < -0.3 is 15.0 Å². The third-order valence-electron chi connectivity index (χ3n) is 3.30. The highest BCUT2D eigenvalue weighted by Crippen LogP contribution is 2.25. The molecule has 0 atom stereocenters. The maximum atomic E-state index is 12.0. The van der Waals surface area contributed by atoms with E-state index in [1.54, 1.807) is 13.0 Å². The molecule has 0 radical (unpaired) electrons. The van der Waals surface area contributed by atoms with Crippen molar-refractivity contribution < 1.29 is 14.3 Å². The molecule has 110 valence electrons. The number of nitrogens with zero attached hydrogens (tertiary/aromatic N) is 1. The van der Waals surface area contributed by atoms with Gasteiger partial charge in [-0.1, -0.05) is 12.1 Å². The third-order valence-corrected chi connectivity index (χ3v) is 3.30. The molecular weight excluding hydrogens is 268 g/mol. The number of rotatable bonds is 3. The second-order valence-electron chi connectivity index (χ2n) is 4.99. The molecule has 1 aromatic carbocycles. The summed E-state index contributed by atoms with van der Waals surface area (Å²) in [4.78, 5) is 25.7. The zero-order chi connectivity index (χ0) is 15.6. The van der Waals surface area contributed by atoms with E-state index in [-0.39, 0.29) is 5.91 Å². The number of hydrogen-bond donors (Lipinski definition) is 1. The van der Waals surface area contributed by atoms with Gasteiger partial charge in [0.05, 0.1) is 18.3 Å². The molecule has 0 fully saturated rings. The molecule has 1 aliphatic rings. The monoisotopic (exact) mass is 286 g/mol. The lowest BCUT2D eigenvalue weighted by Gasteiger charge is -2.12. The number of nitrogens with one attached hydrogen (secondary N) is 1. The standard InChI is InChI=1S/C16H18N2O3/c1-10-14(16(20)21-4)13(15(19)17-10)9-11-5-7-12(8-6-11)18(2)3/h5-9H,1-4H3,(H,17,19)/b13-9-. The van der Waals surface area contributed by atoms with Crippen LogP contribution in [0.3, 0.4) is 0 Å². The molecule has 1 amide bonds. The van der Waals surface area contributed by atoms with Crippen molar-refractivity contribution in [3.63, 3.8) is 0 Å². The average molecular weight is 286 g/mol. The van der Waals surface area contributed by atoms with Crippen molar-refractivity contribution in [2.24, 2.45) is 0 Å². The number of methoxy groups -OCH3 is 1. The van der Waals surface area contributed by atoms with Crippen molar-refractivity contribution >= 4 is 23.6 Å². The quantitative estimate of drug-likeness (QED) is 0.679. The van der Waals surface area contributed by atoms with E-state index in [0.29, 0.717) is 16.8 Å². The summed E-state index contributed by atoms with van der Waals surface area (Å²) in [5.74, 6) is -0.799. The Hall–Kier alpha value is -2.56. The largest absolute Gasteiger partial charge is 0.465 e. The van der Waals surface area contributed by atoms with Crippen molar-refractivity contribution in [1.29, 1.82) is 0 Å². The third kappa shape index (κ3) is 2.97. The Bertz CT molecular complexity index is 640. The van der Waals surface area contributed by atoms with Gasteiger partial charge in [0.2, 0.25) is 0 Å². The normalized spacial score (nSPS) is 16.2. The number of allylic oxidation sites excluding steroid dienone is 1. The zero-order valence-corrected chi connectivity index (χ0v) is 12.6. The van der Waals surface area contributed by atoms with E-state index in [9.17, 15) is 9.59 Å². The van der Waals surface area contributed by atoms with Gasteiger partial charge in [-0.2, -0.15) is 0 Å². The van der Waals surface area contributed by atoms with Crippen LogP contribution >= 0.6 is 0 Å². The number of carbonyl (C=O) groups is 2. The molecule has 1 aromatic rings. The Morgan fingerprint density at radius 1 is 1.24 bits per heavy atom. The molecule has 21 heavy (non-hydrogen) atoms. The van der Waals surface area contributed by atoms with Crippen LogP contribution in [-0.2, 0) is 14.3 Å². The number of anilines is 1. The highest BCUT2D eigenvalue weighted by atomic mass is 16.5. The maximum Gasteiger partial charge on any atom is 0.340 e. The van der Waals surface area contributed by atoms with Crippen LogP contribution < -0.4 is 10.2 Å². The van der Waals surface area contributed by atoms with Crippen molar-refractivity contribution in [2.75, 3.05) is 26.1 Å². The van der Waals surface area contributed by atoms with Crippen molar-refractivity contribution in [3.8, 4) is 0 Å². The predicted octanol–water partition coefficient (Wildman–Crippen LogP) is 1.71. The summed E-state index contributed by atoms with van der Waals surface area (Å²) in [5, 5.41) is 2.65. The van der Waals surface area contributed by atoms with Crippen LogP contribution in [-0.4, -0.2) is 33.1 Å². The molecule has 5 heteroatoms. The van der Waals surface area contributed by atoms with Crippen molar-refractivity contribution in [1.82, 2.24) is 5.32 Å². The van der Waals surface area contributed by atoms with E-state index in [2.05, 4.69) is 5.32 Å². The molecule has 0 aliphatic carbocycles. The van der Waals surface area contributed by atoms with Gasteiger partial charge in [-0.05, 0) is 30.7 Å². The van der Waals surface area contributed by atoms with E-state index in [4.69, 9.17) is 4.74 Å². The topological polar surface area (TPSA) is 58.6 Å². The SMILES string of the molecule is COC(=O)C1=C(C)NC(=O)/C1=C\c1ccc(N(C)C)cc1. The van der Waals surface area contributed by atoms with Crippen LogP contribution in [0.25, 0.3) is 6.08 Å². The van der Waals surface area contributed by atoms with E-state index >= 15 is 0 Å². The van der Waals surface area contributed by atoms with Gasteiger partial charge in [0, 0.05) is 25.5 Å². The minimum Gasteiger partial charge on any atom is -0.465 e. The first-order chi connectivity index (χ1) is 9.93. The summed E-state index contributed by atoms with van der Waals surface area (Å²) in [7, 11) is 5.22. The smallest absolute Gasteiger partial charge is 0.340 e. The number of ether oxygens (including phenoxy) is 1. The molecule has 0 unspecified atom stereocenters. The van der Waals surface area contributed by atoms with E-state index in [0.717, 1.165) is 11.3 Å². The van der Waals surface area contributed by atoms with E-state index < -0.39 is 5.97 Å². The van der Waals surface area contributed by atoms with Crippen LogP contribution in [0, 0.1) is 0 Å². The molecule has 0 bridgehead atoms. The molecule has 1 aliphatic heterocycles. The Labute approximate surface area is 123 Å². The minimum atomic E-state index is -0.512. The first-order valence-corrected chi connectivity index (χ1v) is 6.54. The van der Waals surface area contributed by atoms with Crippen LogP contribution in [0.1, 0.15) is 12.5 Å². The van der Waals surface area contributed by atoms with Gasteiger partial charge in [0.15, 0.2) is 0 Å². The first kappa shape index (κ1) is 14.8. The number of esters is 1. The molecule has 0 saturated heterocycles. The summed E-state index contributed by atoms with van der Waals surface area (Å²) in [6.07, 6.45) is 1.69. The van der Waals surface area contributed by atoms with Gasteiger partial charge in [-0.15, -0.1) is 0 Å². The van der Waals surface area contributed by atoms with Crippen LogP contribution in [0.4, 0.5) is 5.69 Å². The Kier molecular flexibility index (Phi) is 4.12. The number of benzene rings is 1. The predicted molar refractivity (Wildman–Crippen MR) is 81.6 cm³/mol. The van der Waals surface area contributed by atoms with E-state index in [1.807, 2.05) is 43.3 Å². The molecule has 2 rings (SSSR count). The number of amides is 1. The molecule has 0 saturated carbocycles. The Morgan fingerprint density at radius 2 is 1.86 bits per heavy atom. The summed E-state index contributed by atoms with van der Waals surface area (Å²) < 4.78 is 4.73. The second kappa shape index (κ2) is 5.83. The molecule has 1 N–H and O–H groups in total. The zero-order valence-electron chi connectivity index (χ0n) is 12.6. The molecule has 0 spiro atoms. The Morgan fingerprint density at radius 3 is 2.38 bits per heavy atom. The lowest BCUT2D eigenvalue weighted by Crippen LogP contribution is -2.15. The highest BCUT2D eigenvalue weighted by molar-refractivity contribution is 6.16. The van der Waals surface area contributed by atoms with Crippen molar-refractivity contribution in [3.05, 3.63) is 46.7 Å². The highest BCUT2D eigenvalue weighted by Gasteiger charge is 2.30. The summed E-state index contributed by atoms with van der Waals surface area (Å²) in [6, 6.07) is 7.71. The molecule has 5 nitrogen and oxygen atoms in total. The second-order valence-corrected chi connectivity index (χ2v) is 4.99. The lowest BCUT2D eigenvalue weighted by atomic mass is 10.0. The minimum absolute atomic E-state index is 0.287. The summed E-state index contributed by atoms with van der Waals surface area (Å²) >= 11 is 0. The number of carbonyl (C=O) groups excluding carboxylic acids is 2. The lowest BCUT2D eigenvalue weighted by molar-refractivity contribution is -0.136. The average Bonchev–Trinajstić information content (AvgIpc) is 2.73. The molecule has 1 heterocycles. The van der Waals surface area contributed by atoms with Gasteiger partial charge in [-0.3, -0.25) is 4.79 Å². The van der Waals surface area contributed by atoms with Gasteiger partial charge >= 0.3 is 5.97 Å². The van der Waals surface area contributed by atoms with Crippen molar-refractivity contribution in [2.45, 2.75) is 6.92 Å². The van der Waals surface area contributed by atoms with Crippen LogP contribution in [0.5, 0.6) is 0 Å². The maximum absolute atomic E-state index is 12.0. The summed E-state index contributed by atoms with van der Waals surface area (Å²) in [6.45, 7) is 1.68. The molecular formula is C16H18N2O3. The van der Waals surface area contributed by atoms with Gasteiger partial charge in [0.1, 0.15) is 0 Å². The number of hydrogen-bond acceptors (Lipinski definition) is 4. The first-order valence-electron chi connectivity index (χ1n) is 6.54. The summed E-state index contributed by atoms with van der Waals surface area (Å²) in [5.41, 5.74) is 3.05. The van der Waals surface area contributed by atoms with Crippen LogP contribution in [0.15, 0.2) is 41.1 Å².